The molecule has 23 heavy (non-hydrogen) atoms. The van der Waals surface area contributed by atoms with Crippen LogP contribution < -0.4 is 16.4 Å². The quantitative estimate of drug-likeness (QED) is 0.364. The maximum Gasteiger partial charge on any atom is 0.248 e. The van der Waals surface area contributed by atoms with Gasteiger partial charge in [-0.1, -0.05) is 18.2 Å². The summed E-state index contributed by atoms with van der Waals surface area (Å²) >= 11 is 1.75. The summed E-state index contributed by atoms with van der Waals surface area (Å²) in [5, 5.41) is 8.57. The second-order valence-electron chi connectivity index (χ2n) is 4.75. The lowest BCUT2D eigenvalue weighted by atomic mass is 10.1. The molecule has 2 rings (SSSR count). The van der Waals surface area contributed by atoms with Crippen molar-refractivity contribution >= 4 is 47.2 Å². The van der Waals surface area contributed by atoms with Crippen molar-refractivity contribution in [2.45, 2.75) is 13.0 Å². The first-order chi connectivity index (χ1) is 10.7. The number of rotatable bonds is 6. The summed E-state index contributed by atoms with van der Waals surface area (Å²) < 4.78 is 0. The van der Waals surface area contributed by atoms with Crippen molar-refractivity contribution in [2.75, 3.05) is 13.6 Å². The zero-order valence-corrected chi connectivity index (χ0v) is 16.1. The fourth-order valence-electron chi connectivity index (χ4n) is 2.00. The van der Waals surface area contributed by atoms with Gasteiger partial charge in [-0.2, -0.15) is 0 Å². The number of nitrogens with two attached hydrogens (primary N) is 1. The summed E-state index contributed by atoms with van der Waals surface area (Å²) in [4.78, 5) is 16.7. The molecule has 0 spiro atoms. The normalized spacial score (nSPS) is 10.7. The number of hydrogen-bond acceptors (Lipinski definition) is 3. The zero-order chi connectivity index (χ0) is 15.8. The van der Waals surface area contributed by atoms with Gasteiger partial charge in [0, 0.05) is 30.6 Å². The number of benzene rings is 1. The Bertz CT molecular complexity index is 643. The molecule has 4 N–H and O–H groups in total. The minimum atomic E-state index is -0.416. The van der Waals surface area contributed by atoms with Gasteiger partial charge in [-0.05, 0) is 35.6 Å². The van der Waals surface area contributed by atoms with Crippen LogP contribution in [0.25, 0.3) is 0 Å². The molecule has 2 aromatic rings. The van der Waals surface area contributed by atoms with Crippen molar-refractivity contribution in [1.82, 2.24) is 10.6 Å². The van der Waals surface area contributed by atoms with Gasteiger partial charge in [0.25, 0.3) is 0 Å². The Labute approximate surface area is 157 Å². The van der Waals surface area contributed by atoms with Crippen LogP contribution in [0.1, 0.15) is 20.8 Å². The second-order valence-corrected chi connectivity index (χ2v) is 5.78. The molecule has 0 atom stereocenters. The number of nitrogens with zero attached hydrogens (tertiary/aromatic N) is 1. The van der Waals surface area contributed by atoms with Crippen molar-refractivity contribution < 1.29 is 4.79 Å². The number of hydrogen-bond donors (Lipinski definition) is 3. The smallest absolute Gasteiger partial charge is 0.248 e. The van der Waals surface area contributed by atoms with E-state index >= 15 is 0 Å². The van der Waals surface area contributed by atoms with Crippen LogP contribution in [0.2, 0.25) is 0 Å². The third-order valence-electron chi connectivity index (χ3n) is 3.14. The topological polar surface area (TPSA) is 79.5 Å². The molecule has 5 nitrogen and oxygen atoms in total. The van der Waals surface area contributed by atoms with Crippen LogP contribution in [0.4, 0.5) is 0 Å². The number of guanidine groups is 1. The van der Waals surface area contributed by atoms with E-state index < -0.39 is 5.91 Å². The molecule has 1 aromatic heterocycles. The van der Waals surface area contributed by atoms with Gasteiger partial charge in [-0.3, -0.25) is 9.79 Å². The SMILES string of the molecule is CN=C(NCCc1cccs1)NCc1cccc(C(N)=O)c1.I. The number of nitrogens with one attached hydrogen (secondary N) is 2. The predicted octanol–water partition coefficient (Wildman–Crippen LogP) is 2.37. The number of thiophene rings is 1. The molecule has 0 radical (unpaired) electrons. The van der Waals surface area contributed by atoms with Crippen molar-refractivity contribution in [3.63, 3.8) is 0 Å². The third-order valence-corrected chi connectivity index (χ3v) is 4.08. The van der Waals surface area contributed by atoms with Crippen LogP contribution >= 0.6 is 35.3 Å². The highest BCUT2D eigenvalue weighted by atomic mass is 127. The molecule has 0 aliphatic rings. The Hall–Kier alpha value is -1.61. The molecule has 0 saturated heterocycles. The molecule has 1 aromatic carbocycles. The van der Waals surface area contributed by atoms with Gasteiger partial charge in [0.2, 0.25) is 5.91 Å². The van der Waals surface area contributed by atoms with E-state index in [9.17, 15) is 4.79 Å². The maximum absolute atomic E-state index is 11.2. The highest BCUT2D eigenvalue weighted by Crippen LogP contribution is 2.08. The van der Waals surface area contributed by atoms with Gasteiger partial charge in [0.05, 0.1) is 0 Å². The Morgan fingerprint density at radius 2 is 2.09 bits per heavy atom. The highest BCUT2D eigenvalue weighted by Gasteiger charge is 2.03. The monoisotopic (exact) mass is 444 g/mol. The van der Waals surface area contributed by atoms with E-state index in [2.05, 4.69) is 33.1 Å². The fraction of sp³-hybridized carbons (Fsp3) is 0.250. The molecule has 0 fully saturated rings. The van der Waals surface area contributed by atoms with E-state index in [0.29, 0.717) is 12.1 Å². The largest absolute Gasteiger partial charge is 0.366 e. The van der Waals surface area contributed by atoms with Gasteiger partial charge < -0.3 is 16.4 Å². The number of amides is 1. The number of carbonyl (C=O) groups excluding carboxylic acids is 1. The van der Waals surface area contributed by atoms with Crippen molar-refractivity contribution in [3.8, 4) is 0 Å². The van der Waals surface area contributed by atoms with Crippen LogP contribution in [0.15, 0.2) is 46.8 Å². The van der Waals surface area contributed by atoms with Crippen LogP contribution in [0, 0.1) is 0 Å². The average molecular weight is 444 g/mol. The first-order valence-corrected chi connectivity index (χ1v) is 7.92. The van der Waals surface area contributed by atoms with E-state index in [1.54, 1.807) is 30.5 Å². The van der Waals surface area contributed by atoms with Crippen LogP contribution in [0.5, 0.6) is 0 Å². The van der Waals surface area contributed by atoms with Crippen LogP contribution in [0.3, 0.4) is 0 Å². The van der Waals surface area contributed by atoms with Gasteiger partial charge in [-0.25, -0.2) is 0 Å². The van der Waals surface area contributed by atoms with E-state index in [1.165, 1.54) is 4.88 Å². The minimum absolute atomic E-state index is 0. The Morgan fingerprint density at radius 3 is 2.74 bits per heavy atom. The van der Waals surface area contributed by atoms with Crippen molar-refractivity contribution in [2.24, 2.45) is 10.7 Å². The molecule has 1 heterocycles. The van der Waals surface area contributed by atoms with Crippen LogP contribution in [-0.4, -0.2) is 25.5 Å². The molecule has 0 saturated carbocycles. The molecule has 0 aliphatic carbocycles. The number of aliphatic imine (C=N–C) groups is 1. The Morgan fingerprint density at radius 1 is 1.26 bits per heavy atom. The molecule has 1 amide bonds. The van der Waals surface area contributed by atoms with Gasteiger partial charge in [-0.15, -0.1) is 35.3 Å². The molecule has 7 heteroatoms. The molecule has 0 unspecified atom stereocenters. The molecular weight excluding hydrogens is 423 g/mol. The summed E-state index contributed by atoms with van der Waals surface area (Å²) in [7, 11) is 1.74. The highest BCUT2D eigenvalue weighted by molar-refractivity contribution is 14.0. The molecule has 0 bridgehead atoms. The summed E-state index contributed by atoms with van der Waals surface area (Å²) in [5.41, 5.74) is 6.78. The van der Waals surface area contributed by atoms with E-state index in [4.69, 9.17) is 5.73 Å². The molecule has 0 aliphatic heterocycles. The van der Waals surface area contributed by atoms with Gasteiger partial charge >= 0.3 is 0 Å². The Balaban J connectivity index is 0.00000264. The van der Waals surface area contributed by atoms with E-state index in [-0.39, 0.29) is 24.0 Å². The number of primary amides is 1. The van der Waals surface area contributed by atoms with E-state index in [1.807, 2.05) is 12.1 Å². The van der Waals surface area contributed by atoms with Crippen LogP contribution in [-0.2, 0) is 13.0 Å². The first-order valence-electron chi connectivity index (χ1n) is 7.04. The number of carbonyl (C=O) groups is 1. The minimum Gasteiger partial charge on any atom is -0.366 e. The summed E-state index contributed by atoms with van der Waals surface area (Å²) in [6.07, 6.45) is 0.968. The standard InChI is InChI=1S/C16H20N4OS.HI/c1-18-16(19-8-7-14-6-3-9-22-14)20-11-12-4-2-5-13(10-12)15(17)21;/h2-6,9-10H,7-8,11H2,1H3,(H2,17,21)(H2,18,19,20);1H. The number of halogens is 1. The van der Waals surface area contributed by atoms with Crippen molar-refractivity contribution in [3.05, 3.63) is 57.8 Å². The lowest BCUT2D eigenvalue weighted by Crippen LogP contribution is -2.37. The predicted molar refractivity (Wildman–Crippen MR) is 107 cm³/mol. The summed E-state index contributed by atoms with van der Waals surface area (Å²) in [5.74, 6) is 0.321. The summed E-state index contributed by atoms with van der Waals surface area (Å²) in [6.45, 7) is 1.40. The zero-order valence-electron chi connectivity index (χ0n) is 12.9. The maximum atomic E-state index is 11.2. The lowest BCUT2D eigenvalue weighted by molar-refractivity contribution is 0.1000. The average Bonchev–Trinajstić information content (AvgIpc) is 3.04. The fourth-order valence-corrected chi connectivity index (χ4v) is 2.71. The third kappa shape index (κ3) is 6.57. The lowest BCUT2D eigenvalue weighted by Gasteiger charge is -2.12. The van der Waals surface area contributed by atoms with E-state index in [0.717, 1.165) is 24.5 Å². The first kappa shape index (κ1) is 19.4. The van der Waals surface area contributed by atoms with Gasteiger partial charge in [0.15, 0.2) is 5.96 Å². The van der Waals surface area contributed by atoms with Gasteiger partial charge in [0.1, 0.15) is 0 Å². The Kier molecular flexibility index (Phi) is 8.64. The molecule has 124 valence electrons. The summed E-state index contributed by atoms with van der Waals surface area (Å²) in [6, 6.07) is 11.4. The molecular formula is C16H21IN4OS. The van der Waals surface area contributed by atoms with Crippen molar-refractivity contribution in [1.29, 1.82) is 0 Å². The second kappa shape index (κ2) is 10.2.